The summed E-state index contributed by atoms with van der Waals surface area (Å²) >= 11 is 5.89. The van der Waals surface area contributed by atoms with Crippen molar-refractivity contribution in [3.8, 4) is 0 Å². The summed E-state index contributed by atoms with van der Waals surface area (Å²) in [6, 6.07) is 7.37. The summed E-state index contributed by atoms with van der Waals surface area (Å²) in [6.45, 7) is 4.80. The number of benzene rings is 1. The van der Waals surface area contributed by atoms with Gasteiger partial charge in [0, 0.05) is 17.3 Å². The van der Waals surface area contributed by atoms with E-state index >= 15 is 0 Å². The molecule has 0 aliphatic carbocycles. The van der Waals surface area contributed by atoms with E-state index in [1.807, 2.05) is 31.2 Å². The van der Waals surface area contributed by atoms with E-state index in [1.54, 1.807) is 0 Å². The van der Waals surface area contributed by atoms with Crippen molar-refractivity contribution in [1.82, 2.24) is 5.32 Å². The zero-order valence-corrected chi connectivity index (χ0v) is 12.1. The van der Waals surface area contributed by atoms with Crippen LogP contribution < -0.4 is 5.32 Å². The van der Waals surface area contributed by atoms with E-state index in [-0.39, 0.29) is 17.9 Å². The first kappa shape index (κ1) is 14.1. The van der Waals surface area contributed by atoms with Crippen LogP contribution in [0.2, 0.25) is 5.02 Å². The first-order valence-corrected chi connectivity index (χ1v) is 7.08. The van der Waals surface area contributed by atoms with Gasteiger partial charge in [0.2, 0.25) is 5.91 Å². The van der Waals surface area contributed by atoms with Gasteiger partial charge in [0.15, 0.2) is 0 Å². The lowest BCUT2D eigenvalue weighted by molar-refractivity contribution is -0.122. The molecular weight excluding hydrogens is 260 g/mol. The second kappa shape index (κ2) is 6.20. The molecule has 2 atom stereocenters. The quantitative estimate of drug-likeness (QED) is 0.826. The third kappa shape index (κ3) is 3.16. The van der Waals surface area contributed by atoms with Gasteiger partial charge < -0.3 is 5.32 Å². The Morgan fingerprint density at radius 1 is 1.37 bits per heavy atom. The summed E-state index contributed by atoms with van der Waals surface area (Å²) in [5, 5.41) is 3.65. The summed E-state index contributed by atoms with van der Waals surface area (Å²) in [5.74, 6) is 0.123. The molecule has 1 heterocycles. The first-order valence-electron chi connectivity index (χ1n) is 6.71. The molecule has 2 rings (SSSR count). The summed E-state index contributed by atoms with van der Waals surface area (Å²) < 4.78 is 0. The lowest BCUT2D eigenvalue weighted by Crippen LogP contribution is -2.46. The summed E-state index contributed by atoms with van der Waals surface area (Å²) in [5.41, 5.74) is 2.12. The van der Waals surface area contributed by atoms with Crippen LogP contribution in [-0.4, -0.2) is 24.2 Å². The molecule has 0 fully saturated rings. The lowest BCUT2D eigenvalue weighted by Gasteiger charge is -2.32. The van der Waals surface area contributed by atoms with Crippen LogP contribution in [0, 0.1) is 0 Å². The lowest BCUT2D eigenvalue weighted by atomic mass is 9.82. The number of hydrogen-bond donors (Lipinski definition) is 1. The number of carbonyl (C=O) groups is 1. The van der Waals surface area contributed by atoms with Crippen LogP contribution in [0.25, 0.3) is 0 Å². The number of hydrogen-bond acceptors (Lipinski definition) is 2. The Kier molecular flexibility index (Phi) is 4.59. The van der Waals surface area contributed by atoms with E-state index in [4.69, 9.17) is 11.6 Å². The average Bonchev–Trinajstić information content (AvgIpc) is 2.38. The number of nitrogens with one attached hydrogen (secondary N) is 1. The Bertz CT molecular complexity index is 481. The van der Waals surface area contributed by atoms with E-state index in [0.717, 1.165) is 30.7 Å². The van der Waals surface area contributed by atoms with Crippen molar-refractivity contribution >= 4 is 23.2 Å². The van der Waals surface area contributed by atoms with Gasteiger partial charge in [-0.1, -0.05) is 37.1 Å². The van der Waals surface area contributed by atoms with Crippen molar-refractivity contribution in [3.63, 3.8) is 0 Å². The second-order valence-corrected chi connectivity index (χ2v) is 5.33. The van der Waals surface area contributed by atoms with Gasteiger partial charge in [-0.25, -0.2) is 0 Å². The van der Waals surface area contributed by atoms with Gasteiger partial charge >= 0.3 is 0 Å². The summed E-state index contributed by atoms with van der Waals surface area (Å²) in [6.07, 6.45) is 2.08. The molecule has 4 heteroatoms. The third-order valence-corrected chi connectivity index (χ3v) is 3.69. The Labute approximate surface area is 119 Å². The molecule has 1 aromatic carbocycles. The summed E-state index contributed by atoms with van der Waals surface area (Å²) in [4.78, 5) is 16.4. The Morgan fingerprint density at radius 3 is 2.63 bits per heavy atom. The highest BCUT2D eigenvalue weighted by molar-refractivity contribution is 6.30. The Hall–Kier alpha value is -1.35. The predicted octanol–water partition coefficient (Wildman–Crippen LogP) is 3.18. The van der Waals surface area contributed by atoms with E-state index in [0.29, 0.717) is 5.02 Å². The van der Waals surface area contributed by atoms with Crippen molar-refractivity contribution < 1.29 is 4.79 Å². The molecule has 0 saturated heterocycles. The topological polar surface area (TPSA) is 41.5 Å². The van der Waals surface area contributed by atoms with Gasteiger partial charge in [-0.2, -0.15) is 0 Å². The molecule has 0 spiro atoms. The van der Waals surface area contributed by atoms with Gasteiger partial charge in [-0.05, 0) is 31.0 Å². The van der Waals surface area contributed by atoms with Gasteiger partial charge in [0.1, 0.15) is 6.04 Å². The maximum absolute atomic E-state index is 12.1. The molecule has 0 aromatic heterocycles. The van der Waals surface area contributed by atoms with Crippen LogP contribution in [-0.2, 0) is 4.79 Å². The van der Waals surface area contributed by atoms with E-state index in [1.165, 1.54) is 0 Å². The third-order valence-electron chi connectivity index (χ3n) is 3.44. The minimum atomic E-state index is -0.280. The molecular formula is C15H19ClN2O. The molecule has 0 radical (unpaired) electrons. The normalized spacial score (nSPS) is 21.5. The van der Waals surface area contributed by atoms with Crippen molar-refractivity contribution in [2.75, 3.05) is 6.54 Å². The monoisotopic (exact) mass is 278 g/mol. The zero-order chi connectivity index (χ0) is 13.8. The van der Waals surface area contributed by atoms with Gasteiger partial charge in [0.05, 0.1) is 5.92 Å². The standard InChI is InChI=1S/C15H19ClN2O/c1-3-4-9-17-15(19)14-13(10(2)18-14)11-5-7-12(16)8-6-11/h5-8,13-14H,3-4,9H2,1-2H3,(H,17,19). The number of amides is 1. The SMILES string of the molecule is CCCCNC(=O)C1N=C(C)C1c1ccc(Cl)cc1. The number of halogens is 1. The fraction of sp³-hybridized carbons (Fsp3) is 0.467. The predicted molar refractivity (Wildman–Crippen MR) is 79.0 cm³/mol. The molecule has 1 aliphatic rings. The van der Waals surface area contributed by atoms with Crippen molar-refractivity contribution in [2.24, 2.45) is 4.99 Å². The van der Waals surface area contributed by atoms with Crippen LogP contribution >= 0.6 is 11.6 Å². The molecule has 19 heavy (non-hydrogen) atoms. The summed E-state index contributed by atoms with van der Waals surface area (Å²) in [7, 11) is 0. The fourth-order valence-electron chi connectivity index (χ4n) is 2.32. The highest BCUT2D eigenvalue weighted by Gasteiger charge is 2.38. The molecule has 3 nitrogen and oxygen atoms in total. The minimum Gasteiger partial charge on any atom is -0.354 e. The zero-order valence-electron chi connectivity index (χ0n) is 11.3. The van der Waals surface area contributed by atoms with Crippen molar-refractivity contribution in [2.45, 2.75) is 38.6 Å². The number of rotatable bonds is 5. The molecule has 1 N–H and O–H groups in total. The number of aliphatic imine (C=N–C) groups is 1. The smallest absolute Gasteiger partial charge is 0.245 e. The van der Waals surface area contributed by atoms with Crippen LogP contribution in [0.3, 0.4) is 0 Å². The minimum absolute atomic E-state index is 0.0269. The van der Waals surface area contributed by atoms with E-state index < -0.39 is 0 Å². The number of unbranched alkanes of at least 4 members (excludes halogenated alkanes) is 1. The molecule has 1 amide bonds. The van der Waals surface area contributed by atoms with Gasteiger partial charge in [-0.3, -0.25) is 9.79 Å². The number of nitrogens with zero attached hydrogens (tertiary/aromatic N) is 1. The maximum Gasteiger partial charge on any atom is 0.245 e. The van der Waals surface area contributed by atoms with Gasteiger partial charge in [-0.15, -0.1) is 0 Å². The molecule has 102 valence electrons. The molecule has 0 bridgehead atoms. The molecule has 2 unspecified atom stereocenters. The van der Waals surface area contributed by atoms with Crippen LogP contribution in [0.5, 0.6) is 0 Å². The van der Waals surface area contributed by atoms with Gasteiger partial charge in [0.25, 0.3) is 0 Å². The first-order chi connectivity index (χ1) is 9.13. The molecule has 0 saturated carbocycles. The second-order valence-electron chi connectivity index (χ2n) is 4.89. The Morgan fingerprint density at radius 2 is 2.05 bits per heavy atom. The van der Waals surface area contributed by atoms with E-state index in [2.05, 4.69) is 17.2 Å². The Balaban J connectivity index is 2.03. The highest BCUT2D eigenvalue weighted by atomic mass is 35.5. The van der Waals surface area contributed by atoms with Crippen molar-refractivity contribution in [3.05, 3.63) is 34.9 Å². The van der Waals surface area contributed by atoms with E-state index in [9.17, 15) is 4.79 Å². The highest BCUT2D eigenvalue weighted by Crippen LogP contribution is 2.32. The molecule has 1 aromatic rings. The van der Waals surface area contributed by atoms with Crippen LogP contribution in [0.4, 0.5) is 0 Å². The van der Waals surface area contributed by atoms with Crippen molar-refractivity contribution in [1.29, 1.82) is 0 Å². The number of carbonyl (C=O) groups excluding carboxylic acids is 1. The van der Waals surface area contributed by atoms with Crippen LogP contribution in [0.15, 0.2) is 29.3 Å². The maximum atomic E-state index is 12.1. The largest absolute Gasteiger partial charge is 0.354 e. The fourth-order valence-corrected chi connectivity index (χ4v) is 2.44. The molecule has 1 aliphatic heterocycles. The van der Waals surface area contributed by atoms with Crippen LogP contribution in [0.1, 0.15) is 38.2 Å². The average molecular weight is 279 g/mol.